The predicted octanol–water partition coefficient (Wildman–Crippen LogP) is 4.03. The second-order valence-corrected chi connectivity index (χ2v) is 8.82. The Morgan fingerprint density at radius 1 is 0.857 bits per heavy atom. The van der Waals surface area contributed by atoms with Gasteiger partial charge >= 0.3 is 0 Å². The third kappa shape index (κ3) is 4.42. The molecule has 0 spiro atoms. The number of pyridine rings is 2. The third-order valence-corrected chi connectivity index (χ3v) is 6.56. The number of rotatable bonds is 4. The standard InChI is InChI=1S/C28H26N4O3/c33-28(32-13-11-31(12-14-32)19-21-5-3-4-10-29-21)23-18-25(30-24-7-2-1-6-22(23)24)20-8-9-26-27(17-20)35-16-15-34-26/h1-10,17-18H,11-16,19H2. The highest BCUT2D eigenvalue weighted by atomic mass is 16.6. The number of benzene rings is 2. The topological polar surface area (TPSA) is 67.8 Å². The summed E-state index contributed by atoms with van der Waals surface area (Å²) >= 11 is 0. The summed E-state index contributed by atoms with van der Waals surface area (Å²) in [4.78, 5) is 27.3. The highest BCUT2D eigenvalue weighted by Gasteiger charge is 2.25. The maximum atomic E-state index is 13.7. The van der Waals surface area contributed by atoms with Crippen molar-refractivity contribution in [2.45, 2.75) is 6.54 Å². The van der Waals surface area contributed by atoms with Crippen molar-refractivity contribution in [3.05, 3.63) is 84.2 Å². The number of hydrogen-bond acceptors (Lipinski definition) is 6. The smallest absolute Gasteiger partial charge is 0.254 e. The fourth-order valence-corrected chi connectivity index (χ4v) is 4.70. The lowest BCUT2D eigenvalue weighted by molar-refractivity contribution is 0.0629. The van der Waals surface area contributed by atoms with Crippen LogP contribution in [0, 0.1) is 0 Å². The SMILES string of the molecule is O=C(c1cc(-c2ccc3c(c2)OCCO3)nc2ccccc12)N1CCN(Cc2ccccn2)CC1. The van der Waals surface area contributed by atoms with Crippen molar-refractivity contribution in [1.82, 2.24) is 19.8 Å². The lowest BCUT2D eigenvalue weighted by Crippen LogP contribution is -2.48. The summed E-state index contributed by atoms with van der Waals surface area (Å²) in [6.07, 6.45) is 1.82. The first kappa shape index (κ1) is 21.6. The van der Waals surface area contributed by atoms with E-state index >= 15 is 0 Å². The molecule has 2 aromatic heterocycles. The van der Waals surface area contributed by atoms with Crippen LogP contribution in [0.1, 0.15) is 16.1 Å². The normalized spacial score (nSPS) is 15.8. The number of ether oxygens (including phenoxy) is 2. The van der Waals surface area contributed by atoms with Crippen LogP contribution in [-0.4, -0.2) is 65.1 Å². The van der Waals surface area contributed by atoms with Gasteiger partial charge in [0, 0.05) is 49.9 Å². The molecular formula is C28H26N4O3. The second-order valence-electron chi connectivity index (χ2n) is 8.82. The number of piperazine rings is 1. The number of nitrogens with zero attached hydrogens (tertiary/aromatic N) is 4. The molecule has 4 heterocycles. The van der Waals surface area contributed by atoms with Crippen LogP contribution in [0.5, 0.6) is 11.5 Å². The van der Waals surface area contributed by atoms with Crippen molar-refractivity contribution in [2.24, 2.45) is 0 Å². The molecule has 0 N–H and O–H groups in total. The van der Waals surface area contributed by atoms with E-state index in [4.69, 9.17) is 14.5 Å². The van der Waals surface area contributed by atoms with Crippen molar-refractivity contribution < 1.29 is 14.3 Å². The van der Waals surface area contributed by atoms with Gasteiger partial charge < -0.3 is 14.4 Å². The summed E-state index contributed by atoms with van der Waals surface area (Å²) in [6, 6.07) is 21.5. The molecule has 1 fully saturated rings. The van der Waals surface area contributed by atoms with Gasteiger partial charge in [0.05, 0.1) is 22.5 Å². The van der Waals surface area contributed by atoms with Crippen LogP contribution in [0.2, 0.25) is 0 Å². The maximum absolute atomic E-state index is 13.7. The number of hydrogen-bond donors (Lipinski definition) is 0. The Balaban J connectivity index is 1.27. The monoisotopic (exact) mass is 466 g/mol. The van der Waals surface area contributed by atoms with Gasteiger partial charge in [-0.25, -0.2) is 4.98 Å². The van der Waals surface area contributed by atoms with Gasteiger partial charge in [-0.15, -0.1) is 0 Å². The predicted molar refractivity (Wildman–Crippen MR) is 134 cm³/mol. The van der Waals surface area contributed by atoms with E-state index in [9.17, 15) is 4.79 Å². The molecule has 0 saturated carbocycles. The van der Waals surface area contributed by atoms with Crippen molar-refractivity contribution >= 4 is 16.8 Å². The van der Waals surface area contributed by atoms with Crippen LogP contribution in [0.25, 0.3) is 22.2 Å². The van der Waals surface area contributed by atoms with E-state index < -0.39 is 0 Å². The van der Waals surface area contributed by atoms with E-state index in [1.807, 2.05) is 77.8 Å². The summed E-state index contributed by atoms with van der Waals surface area (Å²) in [6.45, 7) is 4.88. The van der Waals surface area contributed by atoms with Gasteiger partial charge in [0.25, 0.3) is 5.91 Å². The fraction of sp³-hybridized carbons (Fsp3) is 0.250. The summed E-state index contributed by atoms with van der Waals surface area (Å²) in [5.41, 5.74) is 4.18. The summed E-state index contributed by atoms with van der Waals surface area (Å²) in [7, 11) is 0. The number of fused-ring (bicyclic) bond motifs is 2. The van der Waals surface area contributed by atoms with Crippen molar-refractivity contribution in [3.8, 4) is 22.8 Å². The Hall–Kier alpha value is -3.97. The molecule has 6 rings (SSSR count). The van der Waals surface area contributed by atoms with E-state index in [0.717, 1.165) is 53.2 Å². The van der Waals surface area contributed by atoms with Gasteiger partial charge in [0.1, 0.15) is 13.2 Å². The Labute approximate surface area is 203 Å². The number of carbonyl (C=O) groups is 1. The Bertz CT molecular complexity index is 1370. The molecule has 2 aliphatic heterocycles. The number of carbonyl (C=O) groups excluding carboxylic acids is 1. The molecule has 1 saturated heterocycles. The van der Waals surface area contributed by atoms with Gasteiger partial charge in [-0.3, -0.25) is 14.7 Å². The first-order chi connectivity index (χ1) is 17.2. The largest absolute Gasteiger partial charge is 0.486 e. The van der Waals surface area contributed by atoms with E-state index in [-0.39, 0.29) is 5.91 Å². The van der Waals surface area contributed by atoms with E-state index in [2.05, 4.69) is 9.88 Å². The first-order valence-corrected chi connectivity index (χ1v) is 12.0. The van der Waals surface area contributed by atoms with Crippen molar-refractivity contribution in [2.75, 3.05) is 39.4 Å². The zero-order valence-electron chi connectivity index (χ0n) is 19.4. The third-order valence-electron chi connectivity index (χ3n) is 6.56. The van der Waals surface area contributed by atoms with E-state index in [1.165, 1.54) is 0 Å². The van der Waals surface area contributed by atoms with Gasteiger partial charge in [0.2, 0.25) is 0 Å². The number of para-hydroxylation sites is 1. The van der Waals surface area contributed by atoms with Gasteiger partial charge in [-0.2, -0.15) is 0 Å². The zero-order valence-corrected chi connectivity index (χ0v) is 19.4. The Morgan fingerprint density at radius 3 is 2.49 bits per heavy atom. The molecule has 0 atom stereocenters. The van der Waals surface area contributed by atoms with E-state index in [0.29, 0.717) is 37.6 Å². The lowest BCUT2D eigenvalue weighted by Gasteiger charge is -2.34. The average molecular weight is 467 g/mol. The number of aromatic nitrogens is 2. The molecule has 0 unspecified atom stereocenters. The molecule has 0 aliphatic carbocycles. The van der Waals surface area contributed by atoms with Crippen LogP contribution < -0.4 is 9.47 Å². The number of amides is 1. The summed E-state index contributed by atoms with van der Waals surface area (Å²) in [5, 5.41) is 0.870. The average Bonchev–Trinajstić information content (AvgIpc) is 2.93. The highest BCUT2D eigenvalue weighted by molar-refractivity contribution is 6.07. The van der Waals surface area contributed by atoms with Crippen LogP contribution in [-0.2, 0) is 6.54 Å². The van der Waals surface area contributed by atoms with Crippen LogP contribution in [0.15, 0.2) is 72.9 Å². The molecule has 0 radical (unpaired) electrons. The molecule has 176 valence electrons. The lowest BCUT2D eigenvalue weighted by atomic mass is 10.0. The van der Waals surface area contributed by atoms with Crippen molar-refractivity contribution in [1.29, 1.82) is 0 Å². The van der Waals surface area contributed by atoms with Gasteiger partial charge in [-0.1, -0.05) is 24.3 Å². The van der Waals surface area contributed by atoms with E-state index in [1.54, 1.807) is 0 Å². The molecule has 0 bridgehead atoms. The maximum Gasteiger partial charge on any atom is 0.254 e. The molecule has 2 aliphatic rings. The minimum Gasteiger partial charge on any atom is -0.486 e. The first-order valence-electron chi connectivity index (χ1n) is 12.0. The fourth-order valence-electron chi connectivity index (χ4n) is 4.70. The quantitative estimate of drug-likeness (QED) is 0.453. The Kier molecular flexibility index (Phi) is 5.76. The molecule has 35 heavy (non-hydrogen) atoms. The molecule has 1 amide bonds. The molecule has 7 heteroatoms. The van der Waals surface area contributed by atoms with Crippen molar-refractivity contribution in [3.63, 3.8) is 0 Å². The van der Waals surface area contributed by atoms with Crippen LogP contribution in [0.3, 0.4) is 0 Å². The molecule has 2 aromatic carbocycles. The summed E-state index contributed by atoms with van der Waals surface area (Å²) < 4.78 is 11.4. The van der Waals surface area contributed by atoms with Crippen LogP contribution >= 0.6 is 0 Å². The van der Waals surface area contributed by atoms with Gasteiger partial charge in [-0.05, 0) is 42.5 Å². The van der Waals surface area contributed by atoms with Gasteiger partial charge in [0.15, 0.2) is 11.5 Å². The summed E-state index contributed by atoms with van der Waals surface area (Å²) in [5.74, 6) is 1.49. The zero-order chi connectivity index (χ0) is 23.6. The minimum absolute atomic E-state index is 0.0416. The second kappa shape index (κ2) is 9.35. The molecule has 4 aromatic rings. The minimum atomic E-state index is 0.0416. The molecule has 7 nitrogen and oxygen atoms in total. The highest BCUT2D eigenvalue weighted by Crippen LogP contribution is 2.35. The Morgan fingerprint density at radius 2 is 1.66 bits per heavy atom. The molecular weight excluding hydrogens is 440 g/mol. The van der Waals surface area contributed by atoms with Crippen LogP contribution in [0.4, 0.5) is 0 Å².